The molecule has 32 heavy (non-hydrogen) atoms. The third-order valence-corrected chi connectivity index (χ3v) is 8.43. The lowest BCUT2D eigenvalue weighted by Crippen LogP contribution is -2.44. The van der Waals surface area contributed by atoms with E-state index in [4.69, 9.17) is 9.47 Å². The van der Waals surface area contributed by atoms with E-state index in [1.807, 2.05) is 24.3 Å². The number of carbonyl (C=O) groups excluding carboxylic acids is 1. The van der Waals surface area contributed by atoms with Gasteiger partial charge < -0.3 is 14.8 Å². The van der Waals surface area contributed by atoms with Crippen LogP contribution < -0.4 is 10.1 Å². The number of rotatable bonds is 6. The highest BCUT2D eigenvalue weighted by Crippen LogP contribution is 2.42. The lowest BCUT2D eigenvalue weighted by molar-refractivity contribution is 0.0227. The molecule has 0 saturated carbocycles. The molecule has 0 spiro atoms. The van der Waals surface area contributed by atoms with Crippen LogP contribution in [0.5, 0.6) is 5.75 Å². The smallest absolute Gasteiger partial charge is 0.251 e. The zero-order chi connectivity index (χ0) is 22.8. The lowest BCUT2D eigenvalue weighted by atomic mass is 9.83. The van der Waals surface area contributed by atoms with Gasteiger partial charge in [0.1, 0.15) is 11.4 Å². The van der Waals surface area contributed by atoms with Crippen LogP contribution in [0.15, 0.2) is 53.4 Å². The first-order valence-corrected chi connectivity index (χ1v) is 12.6. The first-order chi connectivity index (χ1) is 15.4. The van der Waals surface area contributed by atoms with Crippen molar-refractivity contribution < 1.29 is 22.7 Å². The Kier molecular flexibility index (Phi) is 6.55. The Morgan fingerprint density at radius 1 is 1.06 bits per heavy atom. The highest BCUT2D eigenvalue weighted by atomic mass is 32.2. The molecule has 1 saturated heterocycles. The summed E-state index contributed by atoms with van der Waals surface area (Å²) < 4.78 is 38.6. The average Bonchev–Trinajstić information content (AvgIpc) is 2.84. The van der Waals surface area contributed by atoms with Gasteiger partial charge in [-0.15, -0.1) is 0 Å². The van der Waals surface area contributed by atoms with E-state index in [1.54, 1.807) is 12.1 Å². The fourth-order valence-electron chi connectivity index (χ4n) is 4.39. The van der Waals surface area contributed by atoms with Crippen LogP contribution in [0.3, 0.4) is 0 Å². The molecular formula is C24H30N2O5S. The van der Waals surface area contributed by atoms with Gasteiger partial charge in [-0.25, -0.2) is 8.42 Å². The number of amides is 1. The van der Waals surface area contributed by atoms with Crippen LogP contribution in [-0.4, -0.2) is 50.5 Å². The summed E-state index contributed by atoms with van der Waals surface area (Å²) in [7, 11) is -3.59. The normalized spacial score (nSPS) is 20.8. The maximum Gasteiger partial charge on any atom is 0.251 e. The number of nitrogens with zero attached hydrogens (tertiary/aromatic N) is 1. The zero-order valence-electron chi connectivity index (χ0n) is 18.5. The van der Waals surface area contributed by atoms with Crippen LogP contribution in [0.4, 0.5) is 0 Å². The Morgan fingerprint density at radius 3 is 2.38 bits per heavy atom. The van der Waals surface area contributed by atoms with E-state index in [2.05, 4.69) is 19.2 Å². The van der Waals surface area contributed by atoms with Crippen molar-refractivity contribution >= 4 is 15.9 Å². The number of hydrogen-bond donors (Lipinski definition) is 1. The molecule has 2 heterocycles. The number of benzene rings is 2. The molecule has 2 aromatic carbocycles. The number of para-hydroxylation sites is 1. The highest BCUT2D eigenvalue weighted by molar-refractivity contribution is 7.89. The molecule has 2 aliphatic heterocycles. The number of sulfonamides is 1. The van der Waals surface area contributed by atoms with Gasteiger partial charge in [-0.05, 0) is 43.2 Å². The van der Waals surface area contributed by atoms with Gasteiger partial charge >= 0.3 is 0 Å². The Hall–Kier alpha value is -2.42. The van der Waals surface area contributed by atoms with Gasteiger partial charge in [-0.2, -0.15) is 4.31 Å². The van der Waals surface area contributed by atoms with E-state index in [-0.39, 0.29) is 22.4 Å². The second kappa shape index (κ2) is 9.21. The van der Waals surface area contributed by atoms with E-state index in [1.165, 1.54) is 16.4 Å². The van der Waals surface area contributed by atoms with Crippen LogP contribution in [0, 0.1) is 0 Å². The van der Waals surface area contributed by atoms with E-state index in [9.17, 15) is 13.2 Å². The maximum atomic E-state index is 13.0. The largest absolute Gasteiger partial charge is 0.487 e. The van der Waals surface area contributed by atoms with Crippen molar-refractivity contribution in [1.82, 2.24) is 9.62 Å². The molecule has 8 heteroatoms. The average molecular weight is 459 g/mol. The summed E-state index contributed by atoms with van der Waals surface area (Å²) in [6.45, 7) is 5.66. The minimum absolute atomic E-state index is 0.177. The quantitative estimate of drug-likeness (QED) is 0.716. The summed E-state index contributed by atoms with van der Waals surface area (Å²) in [5.74, 6) is 0.572. The summed E-state index contributed by atoms with van der Waals surface area (Å²) >= 11 is 0. The number of ether oxygens (including phenoxy) is 2. The predicted octanol–water partition coefficient (Wildman–Crippen LogP) is 3.52. The maximum absolute atomic E-state index is 13.0. The zero-order valence-corrected chi connectivity index (χ0v) is 19.4. The van der Waals surface area contributed by atoms with E-state index >= 15 is 0 Å². The lowest BCUT2D eigenvalue weighted by Gasteiger charge is -2.41. The Bertz CT molecular complexity index is 1060. The molecule has 1 N–H and O–H groups in total. The molecule has 1 amide bonds. The molecule has 172 valence electrons. The van der Waals surface area contributed by atoms with Crippen molar-refractivity contribution in [2.75, 3.05) is 26.3 Å². The monoisotopic (exact) mass is 458 g/mol. The van der Waals surface area contributed by atoms with Gasteiger partial charge in [-0.3, -0.25) is 4.79 Å². The summed E-state index contributed by atoms with van der Waals surface area (Å²) in [4.78, 5) is 13.2. The van der Waals surface area contributed by atoms with Crippen molar-refractivity contribution in [1.29, 1.82) is 0 Å². The van der Waals surface area contributed by atoms with E-state index < -0.39 is 10.0 Å². The number of carbonyl (C=O) groups is 1. The summed E-state index contributed by atoms with van der Waals surface area (Å²) in [6.07, 6.45) is 2.38. The van der Waals surface area contributed by atoms with Crippen LogP contribution in [0.1, 0.15) is 55.1 Å². The van der Waals surface area contributed by atoms with Crippen LogP contribution in [0.25, 0.3) is 0 Å². The molecule has 7 nitrogen and oxygen atoms in total. The van der Waals surface area contributed by atoms with Crippen molar-refractivity contribution in [3.05, 3.63) is 59.7 Å². The van der Waals surface area contributed by atoms with Crippen molar-refractivity contribution in [2.24, 2.45) is 0 Å². The summed E-state index contributed by atoms with van der Waals surface area (Å²) in [5.41, 5.74) is 1.07. The number of hydrogen-bond acceptors (Lipinski definition) is 5. The second-order valence-corrected chi connectivity index (χ2v) is 10.2. The number of nitrogens with one attached hydrogen (secondary N) is 1. The molecule has 4 rings (SSSR count). The molecule has 1 atom stereocenters. The van der Waals surface area contributed by atoms with Gasteiger partial charge in [0.25, 0.3) is 5.91 Å². The minimum Gasteiger partial charge on any atom is -0.487 e. The third kappa shape index (κ3) is 4.40. The summed E-state index contributed by atoms with van der Waals surface area (Å²) in [5, 5.41) is 3.14. The molecular weight excluding hydrogens is 428 g/mol. The van der Waals surface area contributed by atoms with Crippen molar-refractivity contribution in [3.63, 3.8) is 0 Å². The molecule has 2 aromatic rings. The molecule has 1 fully saturated rings. The molecule has 2 aliphatic rings. The van der Waals surface area contributed by atoms with E-state index in [0.29, 0.717) is 38.3 Å². The van der Waals surface area contributed by atoms with Gasteiger partial charge in [0.05, 0.1) is 24.2 Å². The highest BCUT2D eigenvalue weighted by Gasteiger charge is 2.39. The van der Waals surface area contributed by atoms with Gasteiger partial charge in [0.15, 0.2) is 0 Å². The van der Waals surface area contributed by atoms with Gasteiger partial charge in [0, 0.05) is 30.6 Å². The fourth-order valence-corrected chi connectivity index (χ4v) is 5.79. The van der Waals surface area contributed by atoms with Gasteiger partial charge in [0.2, 0.25) is 10.0 Å². The van der Waals surface area contributed by atoms with Gasteiger partial charge in [-0.1, -0.05) is 32.0 Å². The Labute approximate surface area is 189 Å². The first-order valence-electron chi connectivity index (χ1n) is 11.2. The van der Waals surface area contributed by atoms with Crippen molar-refractivity contribution in [3.8, 4) is 5.75 Å². The predicted molar refractivity (Wildman–Crippen MR) is 121 cm³/mol. The van der Waals surface area contributed by atoms with Crippen LogP contribution >= 0.6 is 0 Å². The SMILES string of the molecule is CCC1(CC)CC(NC(=O)c2ccc(S(=O)(=O)N3CCOCC3)cc2)c2ccccc2O1. The Balaban J connectivity index is 1.52. The number of fused-ring (bicyclic) bond motifs is 1. The van der Waals surface area contributed by atoms with Crippen molar-refractivity contribution in [2.45, 2.75) is 49.6 Å². The summed E-state index contributed by atoms with van der Waals surface area (Å²) in [6, 6.07) is 13.8. The van der Waals surface area contributed by atoms with Crippen LogP contribution in [-0.2, 0) is 14.8 Å². The van der Waals surface area contributed by atoms with Crippen LogP contribution in [0.2, 0.25) is 0 Å². The topological polar surface area (TPSA) is 84.9 Å². The molecule has 0 radical (unpaired) electrons. The minimum atomic E-state index is -3.59. The molecule has 1 unspecified atom stereocenters. The standard InChI is InChI=1S/C24H30N2O5S/c1-3-24(4-2)17-21(20-7-5-6-8-22(20)31-24)25-23(27)18-9-11-19(12-10-18)32(28,29)26-13-15-30-16-14-26/h5-12,21H,3-4,13-17H2,1-2H3,(H,25,27). The first kappa shape index (κ1) is 22.8. The molecule has 0 aromatic heterocycles. The number of morpholine rings is 1. The molecule has 0 bridgehead atoms. The second-order valence-electron chi connectivity index (χ2n) is 8.30. The third-order valence-electron chi connectivity index (χ3n) is 6.52. The Morgan fingerprint density at radius 2 is 1.72 bits per heavy atom. The fraction of sp³-hybridized carbons (Fsp3) is 0.458. The molecule has 0 aliphatic carbocycles. The van der Waals surface area contributed by atoms with E-state index in [0.717, 1.165) is 24.2 Å².